The largest absolute Gasteiger partial charge is 0.466 e. The normalized spacial score (nSPS) is 26.8. The third-order valence-corrected chi connectivity index (χ3v) is 3.65. The van der Waals surface area contributed by atoms with Crippen molar-refractivity contribution in [2.45, 2.75) is 11.7 Å². The highest BCUT2D eigenvalue weighted by Gasteiger charge is 2.44. The van der Waals surface area contributed by atoms with Crippen molar-refractivity contribution in [3.05, 3.63) is 39.2 Å². The molecule has 0 fully saturated rings. The van der Waals surface area contributed by atoms with Crippen molar-refractivity contribution in [3.8, 4) is 0 Å². The van der Waals surface area contributed by atoms with Gasteiger partial charge in [0.2, 0.25) is 5.88 Å². The highest BCUT2D eigenvalue weighted by atomic mass is 79.9. The number of nitrogens with one attached hydrogen (secondary N) is 1. The Hall–Kier alpha value is -1.38. The minimum atomic E-state index is -1.22. The molecule has 2 heterocycles. The van der Waals surface area contributed by atoms with Gasteiger partial charge < -0.3 is 14.9 Å². The lowest BCUT2D eigenvalue weighted by Gasteiger charge is -2.28. The second-order valence-corrected chi connectivity index (χ2v) is 4.45. The average molecular weight is 319 g/mol. The third-order valence-electron chi connectivity index (χ3n) is 2.70. The minimum absolute atomic E-state index is 0.0669. The molecule has 2 rings (SSSR count). The molecule has 0 spiro atoms. The number of aliphatic hydroxyl groups is 2. The van der Waals surface area contributed by atoms with Gasteiger partial charge in [0.05, 0.1) is 6.61 Å². The maximum atomic E-state index is 11.6. The van der Waals surface area contributed by atoms with Crippen LogP contribution >= 0.6 is 15.9 Å². The molecule has 1 aromatic heterocycles. The van der Waals surface area contributed by atoms with Gasteiger partial charge in [-0.15, -0.1) is 0 Å². The molecule has 0 aromatic carbocycles. The van der Waals surface area contributed by atoms with Crippen LogP contribution < -0.4 is 11.2 Å². The van der Waals surface area contributed by atoms with E-state index in [1.807, 2.05) is 0 Å². The van der Waals surface area contributed by atoms with E-state index in [2.05, 4.69) is 20.9 Å². The van der Waals surface area contributed by atoms with Crippen LogP contribution in [0, 0.1) is 0 Å². The monoisotopic (exact) mass is 318 g/mol. The summed E-state index contributed by atoms with van der Waals surface area (Å²) >= 11 is 3.14. The standard InChI is InChI=1S/C10H11BrN2O5/c11-4-10(5-14)6(15)3-8(18-10)13-2-1-7(16)12-9(13)17/h1-3,6,14-15H,4-5H2,(H,12,16,17)/t6-,10+/m0/s1. The Morgan fingerprint density at radius 2 is 2.28 bits per heavy atom. The first-order valence-corrected chi connectivity index (χ1v) is 6.22. The summed E-state index contributed by atoms with van der Waals surface area (Å²) in [5, 5.41) is 19.3. The van der Waals surface area contributed by atoms with Gasteiger partial charge in [-0.3, -0.25) is 9.78 Å². The molecular formula is C10H11BrN2O5. The number of alkyl halides is 1. The van der Waals surface area contributed by atoms with Gasteiger partial charge in [-0.2, -0.15) is 0 Å². The molecule has 3 N–H and O–H groups in total. The number of nitrogens with zero attached hydrogens (tertiary/aromatic N) is 1. The van der Waals surface area contributed by atoms with E-state index >= 15 is 0 Å². The Morgan fingerprint density at radius 1 is 1.56 bits per heavy atom. The zero-order valence-electron chi connectivity index (χ0n) is 9.17. The second-order valence-electron chi connectivity index (χ2n) is 3.89. The van der Waals surface area contributed by atoms with E-state index in [4.69, 9.17) is 4.74 Å². The molecule has 18 heavy (non-hydrogen) atoms. The predicted octanol–water partition coefficient (Wildman–Crippen LogP) is -1.15. The summed E-state index contributed by atoms with van der Waals surface area (Å²) in [6.45, 7) is -0.419. The lowest BCUT2D eigenvalue weighted by molar-refractivity contribution is -0.0510. The van der Waals surface area contributed by atoms with E-state index < -0.39 is 29.6 Å². The highest BCUT2D eigenvalue weighted by Crippen LogP contribution is 2.31. The summed E-state index contributed by atoms with van der Waals surface area (Å²) in [5.41, 5.74) is -2.42. The van der Waals surface area contributed by atoms with Crippen molar-refractivity contribution in [1.82, 2.24) is 9.55 Å². The number of hydrogen-bond donors (Lipinski definition) is 3. The molecule has 1 aliphatic rings. The van der Waals surface area contributed by atoms with Crippen LogP contribution in [0.15, 0.2) is 27.9 Å². The van der Waals surface area contributed by atoms with Crippen molar-refractivity contribution >= 4 is 21.8 Å². The van der Waals surface area contributed by atoms with Crippen molar-refractivity contribution in [2.75, 3.05) is 11.9 Å². The van der Waals surface area contributed by atoms with Gasteiger partial charge in [-0.05, 0) is 0 Å². The van der Waals surface area contributed by atoms with Crippen LogP contribution in [-0.4, -0.2) is 43.4 Å². The van der Waals surface area contributed by atoms with Crippen LogP contribution in [0.1, 0.15) is 0 Å². The minimum Gasteiger partial charge on any atom is -0.466 e. The van der Waals surface area contributed by atoms with Crippen LogP contribution in [0.3, 0.4) is 0 Å². The molecule has 0 radical (unpaired) electrons. The Morgan fingerprint density at radius 3 is 2.78 bits per heavy atom. The third kappa shape index (κ3) is 2.02. The van der Waals surface area contributed by atoms with Crippen LogP contribution in [0.4, 0.5) is 0 Å². The topological polar surface area (TPSA) is 105 Å². The number of aliphatic hydroxyl groups excluding tert-OH is 2. The Balaban J connectivity index is 2.40. The number of H-pyrrole nitrogens is 1. The molecule has 0 amide bonds. The maximum Gasteiger partial charge on any atom is 0.335 e. The molecule has 1 aromatic rings. The number of ether oxygens (including phenoxy) is 1. The molecule has 1 aliphatic heterocycles. The van der Waals surface area contributed by atoms with E-state index in [0.717, 1.165) is 10.6 Å². The Bertz CT molecular complexity index is 586. The second kappa shape index (κ2) is 4.71. The van der Waals surface area contributed by atoms with E-state index in [9.17, 15) is 19.8 Å². The van der Waals surface area contributed by atoms with E-state index in [-0.39, 0.29) is 11.2 Å². The molecule has 0 saturated heterocycles. The van der Waals surface area contributed by atoms with Gasteiger partial charge >= 0.3 is 5.69 Å². The van der Waals surface area contributed by atoms with Crippen molar-refractivity contribution in [3.63, 3.8) is 0 Å². The lowest BCUT2D eigenvalue weighted by atomic mass is 10.0. The predicted molar refractivity (Wildman–Crippen MR) is 66.3 cm³/mol. The summed E-state index contributed by atoms with van der Waals surface area (Å²) in [7, 11) is 0. The molecule has 7 nitrogen and oxygen atoms in total. The number of aromatic nitrogens is 2. The quantitative estimate of drug-likeness (QED) is 0.611. The first-order valence-electron chi connectivity index (χ1n) is 5.10. The zero-order valence-corrected chi connectivity index (χ0v) is 10.8. The first-order chi connectivity index (χ1) is 8.52. The van der Waals surface area contributed by atoms with E-state index in [0.29, 0.717) is 0 Å². The number of rotatable bonds is 3. The summed E-state index contributed by atoms with van der Waals surface area (Å²) < 4.78 is 6.47. The van der Waals surface area contributed by atoms with Crippen molar-refractivity contribution < 1.29 is 14.9 Å². The van der Waals surface area contributed by atoms with Crippen LogP contribution in [-0.2, 0) is 4.74 Å². The van der Waals surface area contributed by atoms with Crippen molar-refractivity contribution in [1.29, 1.82) is 0 Å². The molecule has 2 atom stereocenters. The van der Waals surface area contributed by atoms with E-state index in [1.54, 1.807) is 0 Å². The summed E-state index contributed by atoms with van der Waals surface area (Å²) in [6.07, 6.45) is 1.48. The number of aromatic amines is 1. The highest BCUT2D eigenvalue weighted by molar-refractivity contribution is 9.09. The fourth-order valence-corrected chi connectivity index (χ4v) is 2.21. The molecular weight excluding hydrogens is 308 g/mol. The molecule has 0 aliphatic carbocycles. The molecule has 0 bridgehead atoms. The summed E-state index contributed by atoms with van der Waals surface area (Å²) in [5.74, 6) is 0.0669. The number of halogens is 1. The van der Waals surface area contributed by atoms with Crippen molar-refractivity contribution in [2.24, 2.45) is 0 Å². The lowest BCUT2D eigenvalue weighted by Crippen LogP contribution is -2.45. The molecule has 8 heteroatoms. The van der Waals surface area contributed by atoms with Gasteiger partial charge in [0, 0.05) is 23.7 Å². The average Bonchev–Trinajstić information content (AvgIpc) is 2.67. The molecule has 0 unspecified atom stereocenters. The SMILES string of the molecule is O=c1ccn(C2=C[C@H](O)[C@](CO)(CBr)O2)c(=O)[nH]1. The fourth-order valence-electron chi connectivity index (χ4n) is 1.58. The van der Waals surface area contributed by atoms with Gasteiger partial charge in [0.25, 0.3) is 5.56 Å². The fraction of sp³-hybridized carbons (Fsp3) is 0.400. The van der Waals surface area contributed by atoms with Crippen LogP contribution in [0.5, 0.6) is 0 Å². The summed E-state index contributed by atoms with van der Waals surface area (Å²) in [6, 6.07) is 1.16. The Labute approximate surface area is 109 Å². The van der Waals surface area contributed by atoms with E-state index in [1.165, 1.54) is 12.3 Å². The van der Waals surface area contributed by atoms with Gasteiger partial charge in [0.15, 0.2) is 5.60 Å². The van der Waals surface area contributed by atoms with Crippen LogP contribution in [0.25, 0.3) is 5.88 Å². The number of hydrogen-bond acceptors (Lipinski definition) is 5. The van der Waals surface area contributed by atoms with Crippen LogP contribution in [0.2, 0.25) is 0 Å². The molecule has 98 valence electrons. The molecule has 0 saturated carbocycles. The summed E-state index contributed by atoms with van der Waals surface area (Å²) in [4.78, 5) is 24.6. The first kappa shape index (κ1) is 13.1. The Kier molecular flexibility index (Phi) is 3.42. The van der Waals surface area contributed by atoms with Gasteiger partial charge in [0.1, 0.15) is 6.10 Å². The van der Waals surface area contributed by atoms with Gasteiger partial charge in [-0.25, -0.2) is 9.36 Å². The zero-order chi connectivity index (χ0) is 13.3. The maximum absolute atomic E-state index is 11.6. The van der Waals surface area contributed by atoms with Gasteiger partial charge in [-0.1, -0.05) is 15.9 Å². The smallest absolute Gasteiger partial charge is 0.335 e.